The molecule has 1 atom stereocenters. The summed E-state index contributed by atoms with van der Waals surface area (Å²) in [6.45, 7) is 17.0. The van der Waals surface area contributed by atoms with Crippen molar-refractivity contribution in [2.75, 3.05) is 19.8 Å². The number of ether oxygens (including phenoxy) is 1. The Morgan fingerprint density at radius 1 is 1.11 bits per heavy atom. The molecule has 1 heterocycles. The largest absolute Gasteiger partial charge is 0.381 e. The third kappa shape index (κ3) is 5.27. The van der Waals surface area contributed by atoms with Crippen molar-refractivity contribution in [1.29, 1.82) is 0 Å². The van der Waals surface area contributed by atoms with Crippen LogP contribution in [0.1, 0.15) is 60.8 Å². The van der Waals surface area contributed by atoms with Crippen molar-refractivity contribution in [2.24, 2.45) is 17.3 Å². The summed E-state index contributed by atoms with van der Waals surface area (Å²) in [5.74, 6) is 1.57. The van der Waals surface area contributed by atoms with E-state index in [4.69, 9.17) is 4.74 Å². The van der Waals surface area contributed by atoms with Gasteiger partial charge in [0.15, 0.2) is 0 Å². The fourth-order valence-electron chi connectivity index (χ4n) is 2.59. The zero-order chi connectivity index (χ0) is 13.8. The molecule has 1 aliphatic heterocycles. The minimum atomic E-state index is 0.214. The molecule has 0 aromatic heterocycles. The van der Waals surface area contributed by atoms with Crippen molar-refractivity contribution < 1.29 is 4.74 Å². The van der Waals surface area contributed by atoms with E-state index >= 15 is 0 Å². The van der Waals surface area contributed by atoms with E-state index in [9.17, 15) is 0 Å². The lowest BCUT2D eigenvalue weighted by molar-refractivity contribution is 0.0386. The maximum atomic E-state index is 5.47. The predicted octanol–water partition coefficient (Wildman–Crippen LogP) is 3.85. The van der Waals surface area contributed by atoms with Crippen LogP contribution in [0.25, 0.3) is 0 Å². The molecule has 1 rings (SSSR count). The van der Waals surface area contributed by atoms with Crippen LogP contribution in [-0.4, -0.2) is 25.3 Å². The van der Waals surface area contributed by atoms with E-state index in [1.54, 1.807) is 0 Å². The zero-order valence-corrected chi connectivity index (χ0v) is 13.3. The normalized spacial score (nSPS) is 22.2. The van der Waals surface area contributed by atoms with Gasteiger partial charge in [-0.25, -0.2) is 0 Å². The summed E-state index contributed by atoms with van der Waals surface area (Å²) in [7, 11) is 0. The van der Waals surface area contributed by atoms with Gasteiger partial charge < -0.3 is 10.1 Å². The lowest BCUT2D eigenvalue weighted by Gasteiger charge is -2.40. The first-order chi connectivity index (χ1) is 8.23. The van der Waals surface area contributed by atoms with Gasteiger partial charge in [-0.1, -0.05) is 20.8 Å². The fourth-order valence-corrected chi connectivity index (χ4v) is 2.59. The topological polar surface area (TPSA) is 21.3 Å². The monoisotopic (exact) mass is 255 g/mol. The van der Waals surface area contributed by atoms with Gasteiger partial charge in [-0.05, 0) is 57.3 Å². The van der Waals surface area contributed by atoms with Crippen molar-refractivity contribution in [3.63, 3.8) is 0 Å². The molecule has 0 saturated carbocycles. The Hall–Kier alpha value is -0.0800. The average molecular weight is 255 g/mol. The smallest absolute Gasteiger partial charge is 0.0468 e. The van der Waals surface area contributed by atoms with Crippen molar-refractivity contribution in [2.45, 2.75) is 66.3 Å². The van der Waals surface area contributed by atoms with Gasteiger partial charge in [0.1, 0.15) is 0 Å². The Morgan fingerprint density at radius 2 is 1.67 bits per heavy atom. The van der Waals surface area contributed by atoms with Crippen LogP contribution in [0.5, 0.6) is 0 Å². The molecule has 0 spiro atoms. The molecule has 0 aromatic carbocycles. The van der Waals surface area contributed by atoms with Crippen molar-refractivity contribution in [1.82, 2.24) is 5.32 Å². The summed E-state index contributed by atoms with van der Waals surface area (Å²) in [5.41, 5.74) is 0.612. The molecule has 0 amide bonds. The standard InChI is InChI=1S/C16H33NO/c1-13(2)16(6,12-17-15(3,4)5)11-14-7-9-18-10-8-14/h13-14,17H,7-12H2,1-6H3. The first-order valence-electron chi connectivity index (χ1n) is 7.56. The van der Waals surface area contributed by atoms with E-state index < -0.39 is 0 Å². The van der Waals surface area contributed by atoms with Crippen LogP contribution in [0, 0.1) is 17.3 Å². The van der Waals surface area contributed by atoms with Crippen LogP contribution < -0.4 is 5.32 Å². The number of nitrogens with one attached hydrogen (secondary N) is 1. The second-order valence-corrected chi connectivity index (χ2v) is 7.67. The minimum absolute atomic E-state index is 0.214. The highest BCUT2D eigenvalue weighted by atomic mass is 16.5. The Labute approximate surface area is 114 Å². The van der Waals surface area contributed by atoms with Gasteiger partial charge in [0.05, 0.1) is 0 Å². The summed E-state index contributed by atoms with van der Waals surface area (Å²) in [5, 5.41) is 3.70. The van der Waals surface area contributed by atoms with E-state index in [0.29, 0.717) is 5.41 Å². The molecule has 0 aromatic rings. The van der Waals surface area contributed by atoms with Crippen LogP contribution in [-0.2, 0) is 4.74 Å². The van der Waals surface area contributed by atoms with Crippen LogP contribution in [0.15, 0.2) is 0 Å². The van der Waals surface area contributed by atoms with Gasteiger partial charge in [0, 0.05) is 25.3 Å². The number of rotatable bonds is 5. The third-order valence-electron chi connectivity index (χ3n) is 4.51. The molecule has 1 fully saturated rings. The van der Waals surface area contributed by atoms with Crippen LogP contribution >= 0.6 is 0 Å². The van der Waals surface area contributed by atoms with Gasteiger partial charge in [-0.3, -0.25) is 0 Å². The molecule has 0 radical (unpaired) electrons. The molecule has 1 aliphatic rings. The molecular weight excluding hydrogens is 222 g/mol. The SMILES string of the molecule is CC(C)C(C)(CNC(C)(C)C)CC1CCOCC1. The Morgan fingerprint density at radius 3 is 2.11 bits per heavy atom. The first kappa shape index (κ1) is 16.0. The highest BCUT2D eigenvalue weighted by Crippen LogP contribution is 2.37. The molecule has 108 valence electrons. The summed E-state index contributed by atoms with van der Waals surface area (Å²) < 4.78 is 5.47. The summed E-state index contributed by atoms with van der Waals surface area (Å²) in [6.07, 6.45) is 3.83. The quantitative estimate of drug-likeness (QED) is 0.805. The van der Waals surface area contributed by atoms with Crippen molar-refractivity contribution in [3.05, 3.63) is 0 Å². The summed E-state index contributed by atoms with van der Waals surface area (Å²) >= 11 is 0. The second-order valence-electron chi connectivity index (χ2n) is 7.67. The van der Waals surface area contributed by atoms with Gasteiger partial charge >= 0.3 is 0 Å². The van der Waals surface area contributed by atoms with Gasteiger partial charge in [0.25, 0.3) is 0 Å². The predicted molar refractivity (Wildman–Crippen MR) is 78.9 cm³/mol. The Balaban J connectivity index is 2.55. The summed E-state index contributed by atoms with van der Waals surface area (Å²) in [6, 6.07) is 0. The number of hydrogen-bond acceptors (Lipinski definition) is 2. The third-order valence-corrected chi connectivity index (χ3v) is 4.51. The van der Waals surface area contributed by atoms with E-state index in [1.165, 1.54) is 19.3 Å². The zero-order valence-electron chi connectivity index (χ0n) is 13.3. The fraction of sp³-hybridized carbons (Fsp3) is 1.00. The molecule has 1 saturated heterocycles. The molecule has 0 aliphatic carbocycles. The minimum Gasteiger partial charge on any atom is -0.381 e. The lowest BCUT2D eigenvalue weighted by atomic mass is 9.71. The molecule has 1 unspecified atom stereocenters. The van der Waals surface area contributed by atoms with Crippen LogP contribution in [0.4, 0.5) is 0 Å². The molecule has 2 nitrogen and oxygen atoms in total. The number of hydrogen-bond donors (Lipinski definition) is 1. The molecular formula is C16H33NO. The molecule has 18 heavy (non-hydrogen) atoms. The van der Waals surface area contributed by atoms with Gasteiger partial charge in [-0.2, -0.15) is 0 Å². The van der Waals surface area contributed by atoms with E-state index in [0.717, 1.165) is 31.6 Å². The Bertz CT molecular complexity index is 238. The first-order valence-corrected chi connectivity index (χ1v) is 7.56. The van der Waals surface area contributed by atoms with Crippen molar-refractivity contribution in [3.8, 4) is 0 Å². The highest BCUT2D eigenvalue weighted by Gasteiger charge is 2.33. The highest BCUT2D eigenvalue weighted by molar-refractivity contribution is 4.86. The van der Waals surface area contributed by atoms with E-state index in [2.05, 4.69) is 46.9 Å². The van der Waals surface area contributed by atoms with Crippen molar-refractivity contribution >= 4 is 0 Å². The maximum Gasteiger partial charge on any atom is 0.0468 e. The van der Waals surface area contributed by atoms with E-state index in [1.807, 2.05) is 0 Å². The average Bonchev–Trinajstić information content (AvgIpc) is 2.27. The second kappa shape index (κ2) is 6.38. The maximum absolute atomic E-state index is 5.47. The van der Waals surface area contributed by atoms with Crippen LogP contribution in [0.2, 0.25) is 0 Å². The molecule has 0 bridgehead atoms. The molecule has 2 heteroatoms. The van der Waals surface area contributed by atoms with E-state index in [-0.39, 0.29) is 5.54 Å². The van der Waals surface area contributed by atoms with Crippen LogP contribution in [0.3, 0.4) is 0 Å². The van der Waals surface area contributed by atoms with Gasteiger partial charge in [-0.15, -0.1) is 0 Å². The lowest BCUT2D eigenvalue weighted by Crippen LogP contribution is -2.45. The summed E-state index contributed by atoms with van der Waals surface area (Å²) in [4.78, 5) is 0. The Kier molecular flexibility index (Phi) is 5.67. The van der Waals surface area contributed by atoms with Gasteiger partial charge in [0.2, 0.25) is 0 Å². The molecule has 1 N–H and O–H groups in total.